The van der Waals surface area contributed by atoms with Crippen molar-refractivity contribution in [2.24, 2.45) is 0 Å². The second-order valence-electron chi connectivity index (χ2n) is 8.53. The van der Waals surface area contributed by atoms with E-state index in [0.29, 0.717) is 22.8 Å². The Labute approximate surface area is 206 Å². The van der Waals surface area contributed by atoms with Gasteiger partial charge in [-0.1, -0.05) is 18.2 Å². The molecule has 2 amide bonds. The minimum absolute atomic E-state index is 0.0171. The van der Waals surface area contributed by atoms with Gasteiger partial charge in [0.05, 0.1) is 16.9 Å². The van der Waals surface area contributed by atoms with Gasteiger partial charge in [-0.15, -0.1) is 11.3 Å². The lowest BCUT2D eigenvalue weighted by molar-refractivity contribution is 0.0874. The molecule has 7 nitrogen and oxygen atoms in total. The van der Waals surface area contributed by atoms with Crippen molar-refractivity contribution in [3.05, 3.63) is 99.7 Å². The van der Waals surface area contributed by atoms with Crippen molar-refractivity contribution in [1.29, 1.82) is 0 Å². The van der Waals surface area contributed by atoms with Gasteiger partial charge < -0.3 is 9.80 Å². The summed E-state index contributed by atoms with van der Waals surface area (Å²) in [7, 11) is 1.80. The number of carbonyl (C=O) groups is 2. The van der Waals surface area contributed by atoms with E-state index in [-0.39, 0.29) is 11.8 Å². The summed E-state index contributed by atoms with van der Waals surface area (Å²) < 4.78 is 0. The number of anilines is 3. The Balaban J connectivity index is 1.40. The molecule has 2 aliphatic rings. The number of fused-ring (bicyclic) bond motifs is 1. The van der Waals surface area contributed by atoms with Crippen LogP contribution in [-0.4, -0.2) is 33.7 Å². The average Bonchev–Trinajstić information content (AvgIpc) is 3.34. The Hall–Kier alpha value is -4.30. The number of amides is 2. The van der Waals surface area contributed by atoms with Crippen molar-refractivity contribution in [2.75, 3.05) is 17.3 Å². The summed E-state index contributed by atoms with van der Waals surface area (Å²) in [6.07, 6.45) is 5.54. The van der Waals surface area contributed by atoms with Crippen LogP contribution in [0.4, 0.5) is 16.6 Å². The number of aromatic nitrogens is 2. The number of benzene rings is 2. The third-order valence-electron chi connectivity index (χ3n) is 6.22. The van der Waals surface area contributed by atoms with E-state index in [1.165, 1.54) is 11.3 Å². The van der Waals surface area contributed by atoms with Gasteiger partial charge in [-0.3, -0.25) is 14.9 Å². The first kappa shape index (κ1) is 21.2. The molecule has 1 N–H and O–H groups in total. The van der Waals surface area contributed by atoms with Crippen LogP contribution >= 0.6 is 11.3 Å². The summed E-state index contributed by atoms with van der Waals surface area (Å²) in [6, 6.07) is 17.2. The van der Waals surface area contributed by atoms with Crippen molar-refractivity contribution in [1.82, 2.24) is 14.9 Å². The fraction of sp³-hybridized carbons (Fsp3) is 0.111. The lowest BCUT2D eigenvalue weighted by Gasteiger charge is -2.26. The van der Waals surface area contributed by atoms with E-state index in [2.05, 4.69) is 15.2 Å². The van der Waals surface area contributed by atoms with Gasteiger partial charge in [0.1, 0.15) is 5.82 Å². The van der Waals surface area contributed by atoms with E-state index in [1.807, 2.05) is 61.5 Å². The number of carbonyl (C=O) groups excluding carboxylic acids is 2. The van der Waals surface area contributed by atoms with Crippen LogP contribution in [0.25, 0.3) is 11.8 Å². The number of hydrogen-bond acceptors (Lipinski definition) is 6. The van der Waals surface area contributed by atoms with Crippen LogP contribution in [0.15, 0.2) is 67.0 Å². The lowest BCUT2D eigenvalue weighted by Crippen LogP contribution is -2.20. The average molecular weight is 480 g/mol. The maximum Gasteiger partial charge on any atom is 0.258 e. The standard InChI is InChI=1S/C27H21N5O2S/c1-16-14-29-27(35-16)30-25(33)19-7-3-6-17(12-19)15-32-21-10-4-9-20-23(21)22(31(2)26(20)34)13-18-8-5-11-28-24(18)32/h3-14H,15H2,1-2H3,(H,29,30,33). The van der Waals surface area contributed by atoms with Gasteiger partial charge in [0.2, 0.25) is 0 Å². The summed E-state index contributed by atoms with van der Waals surface area (Å²) in [5.41, 5.74) is 5.80. The molecule has 4 aromatic rings. The van der Waals surface area contributed by atoms with Gasteiger partial charge in [0.15, 0.2) is 5.13 Å². The maximum atomic E-state index is 12.9. The van der Waals surface area contributed by atoms with Crippen LogP contribution in [0.5, 0.6) is 0 Å². The fourth-order valence-corrected chi connectivity index (χ4v) is 5.24. The molecule has 2 aliphatic heterocycles. The monoisotopic (exact) mass is 479 g/mol. The van der Waals surface area contributed by atoms with E-state index in [0.717, 1.165) is 38.8 Å². The van der Waals surface area contributed by atoms with Crippen LogP contribution in [-0.2, 0) is 6.54 Å². The van der Waals surface area contributed by atoms with Crippen LogP contribution in [0, 0.1) is 6.92 Å². The van der Waals surface area contributed by atoms with Crippen molar-refractivity contribution in [3.8, 4) is 0 Å². The molecule has 0 unspecified atom stereocenters. The Kier molecular flexibility index (Phi) is 4.96. The molecule has 0 spiro atoms. The van der Waals surface area contributed by atoms with Crippen molar-refractivity contribution >= 4 is 51.6 Å². The quantitative estimate of drug-likeness (QED) is 0.428. The number of nitrogens with zero attached hydrogens (tertiary/aromatic N) is 4. The van der Waals surface area contributed by atoms with E-state index >= 15 is 0 Å². The van der Waals surface area contributed by atoms with Gasteiger partial charge >= 0.3 is 0 Å². The Morgan fingerprint density at radius 1 is 1.09 bits per heavy atom. The molecule has 2 aromatic carbocycles. The number of aryl methyl sites for hydroxylation is 1. The summed E-state index contributed by atoms with van der Waals surface area (Å²) in [5, 5.41) is 3.45. The Morgan fingerprint density at radius 3 is 2.77 bits per heavy atom. The third kappa shape index (κ3) is 3.59. The molecule has 172 valence electrons. The van der Waals surface area contributed by atoms with Gasteiger partial charge in [-0.2, -0.15) is 0 Å². The molecule has 2 aromatic heterocycles. The summed E-state index contributed by atoms with van der Waals surface area (Å²) in [5.74, 6) is 0.584. The predicted octanol–water partition coefficient (Wildman–Crippen LogP) is 5.33. The molecule has 0 bridgehead atoms. The molecule has 0 fully saturated rings. The summed E-state index contributed by atoms with van der Waals surface area (Å²) >= 11 is 1.44. The largest absolute Gasteiger partial charge is 0.321 e. The second-order valence-corrected chi connectivity index (χ2v) is 9.76. The van der Waals surface area contributed by atoms with Gasteiger partial charge in [-0.05, 0) is 55.0 Å². The summed E-state index contributed by atoms with van der Waals surface area (Å²) in [4.78, 5) is 39.5. The van der Waals surface area contributed by atoms with Gasteiger partial charge in [-0.25, -0.2) is 9.97 Å². The van der Waals surface area contributed by atoms with Crippen LogP contribution in [0.2, 0.25) is 0 Å². The van der Waals surface area contributed by atoms with Crippen molar-refractivity contribution in [2.45, 2.75) is 13.5 Å². The molecule has 6 rings (SSSR count). The minimum atomic E-state index is -0.202. The fourth-order valence-electron chi connectivity index (χ4n) is 4.58. The molecule has 35 heavy (non-hydrogen) atoms. The highest BCUT2D eigenvalue weighted by Gasteiger charge is 2.35. The molecule has 0 aliphatic carbocycles. The first-order valence-electron chi connectivity index (χ1n) is 11.2. The zero-order valence-corrected chi connectivity index (χ0v) is 20.0. The van der Waals surface area contributed by atoms with E-state index in [1.54, 1.807) is 30.4 Å². The molecule has 0 saturated carbocycles. The molecular formula is C27H21N5O2S. The smallest absolute Gasteiger partial charge is 0.258 e. The predicted molar refractivity (Wildman–Crippen MR) is 138 cm³/mol. The highest BCUT2D eigenvalue weighted by molar-refractivity contribution is 7.15. The van der Waals surface area contributed by atoms with E-state index in [4.69, 9.17) is 4.98 Å². The minimum Gasteiger partial charge on any atom is -0.321 e. The van der Waals surface area contributed by atoms with Gasteiger partial charge in [0, 0.05) is 47.6 Å². The molecule has 4 heterocycles. The molecular weight excluding hydrogens is 458 g/mol. The Morgan fingerprint density at radius 2 is 1.94 bits per heavy atom. The highest BCUT2D eigenvalue weighted by Crippen LogP contribution is 2.45. The van der Waals surface area contributed by atoms with Crippen LogP contribution in [0.3, 0.4) is 0 Å². The zero-order chi connectivity index (χ0) is 24.1. The van der Waals surface area contributed by atoms with Gasteiger partial charge in [0.25, 0.3) is 11.8 Å². The topological polar surface area (TPSA) is 78.4 Å². The number of thiazole rings is 1. The highest BCUT2D eigenvalue weighted by atomic mass is 32.1. The lowest BCUT2D eigenvalue weighted by atomic mass is 10.0. The number of hydrogen-bond donors (Lipinski definition) is 1. The zero-order valence-electron chi connectivity index (χ0n) is 19.1. The van der Waals surface area contributed by atoms with E-state index in [9.17, 15) is 9.59 Å². The van der Waals surface area contributed by atoms with Crippen molar-refractivity contribution < 1.29 is 9.59 Å². The Bertz CT molecular complexity index is 1540. The maximum absolute atomic E-state index is 12.9. The number of nitrogens with one attached hydrogen (secondary N) is 1. The first-order chi connectivity index (χ1) is 17.0. The van der Waals surface area contributed by atoms with Crippen LogP contribution < -0.4 is 10.2 Å². The molecule has 0 saturated heterocycles. The number of rotatable bonds is 4. The van der Waals surface area contributed by atoms with Crippen molar-refractivity contribution in [3.63, 3.8) is 0 Å². The third-order valence-corrected chi connectivity index (χ3v) is 7.05. The molecule has 0 radical (unpaired) electrons. The SMILES string of the molecule is Cc1cnc(NC(=O)c2cccc(CN3c4cccc5c4C(=Cc4cccnc43)N(C)C5=O)c2)s1. The molecule has 8 heteroatoms. The summed E-state index contributed by atoms with van der Waals surface area (Å²) in [6.45, 7) is 2.43. The van der Waals surface area contributed by atoms with E-state index < -0.39 is 0 Å². The second kappa shape index (κ2) is 8.18. The molecule has 0 atom stereocenters. The first-order valence-corrected chi connectivity index (χ1v) is 12.0. The number of pyridine rings is 1. The van der Waals surface area contributed by atoms with Crippen LogP contribution in [0.1, 0.15) is 42.3 Å². The normalized spacial score (nSPS) is 13.8.